The third kappa shape index (κ3) is 4.28. The largest absolute Gasteiger partial charge is 0.395 e. The van der Waals surface area contributed by atoms with Crippen LogP contribution in [-0.2, 0) is 4.79 Å². The van der Waals surface area contributed by atoms with Gasteiger partial charge in [-0.1, -0.05) is 42.9 Å². The molecule has 2 aliphatic heterocycles. The number of aliphatic hydroxyl groups is 1. The average Bonchev–Trinajstić information content (AvgIpc) is 3.44. The van der Waals surface area contributed by atoms with Crippen molar-refractivity contribution in [3.63, 3.8) is 0 Å². The molecule has 1 N–H and O–H groups in total. The van der Waals surface area contributed by atoms with Crippen LogP contribution in [0.15, 0.2) is 28.0 Å². The molecule has 1 saturated carbocycles. The van der Waals surface area contributed by atoms with Crippen molar-refractivity contribution in [2.75, 3.05) is 44.2 Å². The molecule has 180 valence electrons. The Morgan fingerprint density at radius 2 is 1.94 bits per heavy atom. The number of pyridine rings is 1. The van der Waals surface area contributed by atoms with E-state index in [9.17, 15) is 14.7 Å². The zero-order valence-corrected chi connectivity index (χ0v) is 20.9. The SMILES string of the molecule is Cc1cccn2c(=O)c(/C=C3\SC(=S)N(C4CCCC4)C3=O)c(N3CCN(CCO)CC3)nc12. The number of thioether (sulfide) groups is 1. The molecule has 0 aromatic carbocycles. The molecule has 4 heterocycles. The van der Waals surface area contributed by atoms with E-state index in [1.54, 1.807) is 21.6 Å². The van der Waals surface area contributed by atoms with E-state index in [0.717, 1.165) is 44.3 Å². The van der Waals surface area contributed by atoms with Crippen LogP contribution in [0.1, 0.15) is 36.8 Å². The number of hydrogen-bond acceptors (Lipinski definition) is 8. The van der Waals surface area contributed by atoms with E-state index < -0.39 is 0 Å². The Morgan fingerprint density at radius 3 is 2.65 bits per heavy atom. The molecule has 10 heteroatoms. The minimum Gasteiger partial charge on any atom is -0.395 e. The van der Waals surface area contributed by atoms with Crippen LogP contribution in [0, 0.1) is 6.92 Å². The quantitative estimate of drug-likeness (QED) is 0.496. The van der Waals surface area contributed by atoms with Crippen LogP contribution in [0.2, 0.25) is 0 Å². The number of carbonyl (C=O) groups is 1. The number of piperazine rings is 1. The monoisotopic (exact) mass is 499 g/mol. The lowest BCUT2D eigenvalue weighted by Crippen LogP contribution is -2.48. The summed E-state index contributed by atoms with van der Waals surface area (Å²) >= 11 is 6.84. The van der Waals surface area contributed by atoms with Crippen molar-refractivity contribution in [3.05, 3.63) is 44.7 Å². The highest BCUT2D eigenvalue weighted by atomic mass is 32.2. The predicted molar refractivity (Wildman–Crippen MR) is 139 cm³/mol. The fourth-order valence-electron chi connectivity index (χ4n) is 5.08. The summed E-state index contributed by atoms with van der Waals surface area (Å²) in [5.41, 5.74) is 1.77. The third-order valence-corrected chi connectivity index (χ3v) is 8.27. The van der Waals surface area contributed by atoms with Crippen LogP contribution in [0.5, 0.6) is 0 Å². The maximum absolute atomic E-state index is 13.7. The Labute approximate surface area is 208 Å². The van der Waals surface area contributed by atoms with Gasteiger partial charge in [-0.2, -0.15) is 0 Å². The highest BCUT2D eigenvalue weighted by Crippen LogP contribution is 2.38. The van der Waals surface area contributed by atoms with Crippen LogP contribution >= 0.6 is 24.0 Å². The number of anilines is 1. The second kappa shape index (κ2) is 9.77. The molecule has 0 bridgehead atoms. The molecule has 34 heavy (non-hydrogen) atoms. The molecule has 2 aromatic rings. The summed E-state index contributed by atoms with van der Waals surface area (Å²) < 4.78 is 2.14. The van der Waals surface area contributed by atoms with Gasteiger partial charge in [-0.05, 0) is 37.5 Å². The van der Waals surface area contributed by atoms with E-state index in [-0.39, 0.29) is 24.1 Å². The van der Waals surface area contributed by atoms with Crippen molar-refractivity contribution in [1.82, 2.24) is 19.2 Å². The molecule has 8 nitrogen and oxygen atoms in total. The van der Waals surface area contributed by atoms with Crippen molar-refractivity contribution >= 4 is 51.7 Å². The fraction of sp³-hybridized carbons (Fsp3) is 0.500. The highest BCUT2D eigenvalue weighted by Gasteiger charge is 2.38. The minimum absolute atomic E-state index is 0.102. The van der Waals surface area contributed by atoms with Gasteiger partial charge in [0.1, 0.15) is 15.8 Å². The normalized spacial score (nSPS) is 21.5. The van der Waals surface area contributed by atoms with Gasteiger partial charge < -0.3 is 10.0 Å². The molecule has 0 radical (unpaired) electrons. The van der Waals surface area contributed by atoms with Crippen LogP contribution in [0.4, 0.5) is 5.82 Å². The van der Waals surface area contributed by atoms with Gasteiger partial charge in [0, 0.05) is 45.0 Å². The number of nitrogens with zero attached hydrogens (tertiary/aromatic N) is 5. The third-order valence-electron chi connectivity index (χ3n) is 6.94. The summed E-state index contributed by atoms with van der Waals surface area (Å²) in [5, 5.41) is 9.27. The molecule has 0 atom stereocenters. The lowest BCUT2D eigenvalue weighted by atomic mass is 10.2. The molecule has 0 unspecified atom stereocenters. The molecule has 2 aromatic heterocycles. The number of fused-ring (bicyclic) bond motifs is 1. The van der Waals surface area contributed by atoms with Gasteiger partial charge in [-0.3, -0.25) is 23.8 Å². The zero-order chi connectivity index (χ0) is 23.8. The molecule has 2 saturated heterocycles. The zero-order valence-electron chi connectivity index (χ0n) is 19.3. The van der Waals surface area contributed by atoms with Gasteiger partial charge in [-0.25, -0.2) is 4.98 Å². The Bertz CT molecular complexity index is 1210. The first-order valence-corrected chi connectivity index (χ1v) is 13.1. The number of aromatic nitrogens is 2. The number of β-amino-alcohol motifs (C(OH)–C–C–N with tert-alkyl or cyclic N) is 1. The maximum atomic E-state index is 13.7. The average molecular weight is 500 g/mol. The number of amides is 1. The Hall–Kier alpha value is -2.27. The standard InChI is InChI=1S/C24H29N5O3S2/c1-16-5-4-8-28-20(16)25-21(27-11-9-26(10-12-27)13-14-30)18(22(28)31)15-19-23(32)29(24(33)34-19)17-6-2-3-7-17/h4-5,8,15,17,30H,2-3,6-7,9-14H2,1H3/b19-15-. The molecule has 1 amide bonds. The predicted octanol–water partition coefficient (Wildman–Crippen LogP) is 2.26. The number of rotatable bonds is 5. The first-order valence-electron chi connectivity index (χ1n) is 11.8. The van der Waals surface area contributed by atoms with E-state index in [4.69, 9.17) is 17.2 Å². The second-order valence-corrected chi connectivity index (χ2v) is 10.8. The number of aryl methyl sites for hydroxylation is 1. The molecular weight excluding hydrogens is 470 g/mol. The number of thiocarbonyl (C=S) groups is 1. The van der Waals surface area contributed by atoms with Crippen molar-refractivity contribution in [2.45, 2.75) is 38.6 Å². The lowest BCUT2D eigenvalue weighted by Gasteiger charge is -2.35. The van der Waals surface area contributed by atoms with E-state index in [2.05, 4.69) is 9.80 Å². The van der Waals surface area contributed by atoms with E-state index in [0.29, 0.717) is 45.9 Å². The van der Waals surface area contributed by atoms with Crippen LogP contribution < -0.4 is 10.5 Å². The summed E-state index contributed by atoms with van der Waals surface area (Å²) in [6.07, 6.45) is 7.60. The molecule has 3 fully saturated rings. The first kappa shape index (κ1) is 23.5. The number of carbonyl (C=O) groups excluding carboxylic acids is 1. The summed E-state index contributed by atoms with van der Waals surface area (Å²) in [5.74, 6) is 0.503. The van der Waals surface area contributed by atoms with Gasteiger partial charge in [0.05, 0.1) is 17.1 Å². The van der Waals surface area contributed by atoms with Gasteiger partial charge >= 0.3 is 0 Å². The number of aliphatic hydroxyl groups excluding tert-OH is 1. The molecule has 0 spiro atoms. The minimum atomic E-state index is -0.187. The van der Waals surface area contributed by atoms with E-state index in [1.165, 1.54) is 11.8 Å². The Kier molecular flexibility index (Phi) is 6.74. The number of hydrogen-bond donors (Lipinski definition) is 1. The first-order chi connectivity index (χ1) is 16.5. The molecule has 3 aliphatic rings. The Morgan fingerprint density at radius 1 is 1.21 bits per heavy atom. The lowest BCUT2D eigenvalue weighted by molar-refractivity contribution is -0.123. The van der Waals surface area contributed by atoms with Crippen molar-refractivity contribution in [1.29, 1.82) is 0 Å². The highest BCUT2D eigenvalue weighted by molar-refractivity contribution is 8.26. The maximum Gasteiger partial charge on any atom is 0.267 e. The van der Waals surface area contributed by atoms with Crippen LogP contribution in [0.3, 0.4) is 0 Å². The summed E-state index contributed by atoms with van der Waals surface area (Å²) in [6.45, 7) is 5.64. The van der Waals surface area contributed by atoms with Crippen molar-refractivity contribution in [2.24, 2.45) is 0 Å². The van der Waals surface area contributed by atoms with Crippen LogP contribution in [-0.4, -0.2) is 79.9 Å². The van der Waals surface area contributed by atoms with E-state index >= 15 is 0 Å². The van der Waals surface area contributed by atoms with Crippen molar-refractivity contribution < 1.29 is 9.90 Å². The fourth-order valence-corrected chi connectivity index (χ4v) is 6.46. The Balaban J connectivity index is 1.57. The molecule has 5 rings (SSSR count). The van der Waals surface area contributed by atoms with E-state index in [1.807, 2.05) is 19.1 Å². The second-order valence-electron chi connectivity index (χ2n) is 9.08. The molecular formula is C24H29N5O3S2. The summed E-state index contributed by atoms with van der Waals surface area (Å²) in [6, 6.07) is 3.94. The smallest absolute Gasteiger partial charge is 0.267 e. The summed E-state index contributed by atoms with van der Waals surface area (Å²) in [4.78, 5) is 38.5. The summed E-state index contributed by atoms with van der Waals surface area (Å²) in [7, 11) is 0. The van der Waals surface area contributed by atoms with Gasteiger partial charge in [0.15, 0.2) is 0 Å². The van der Waals surface area contributed by atoms with Gasteiger partial charge in [0.2, 0.25) is 0 Å². The van der Waals surface area contributed by atoms with Crippen LogP contribution in [0.25, 0.3) is 11.7 Å². The van der Waals surface area contributed by atoms with Gasteiger partial charge in [-0.15, -0.1) is 0 Å². The van der Waals surface area contributed by atoms with Crippen molar-refractivity contribution in [3.8, 4) is 0 Å². The molecule has 1 aliphatic carbocycles. The van der Waals surface area contributed by atoms with Gasteiger partial charge in [0.25, 0.3) is 11.5 Å². The topological polar surface area (TPSA) is 81.4 Å².